The molecule has 1 N–H and O–H groups in total. The molecule has 0 radical (unpaired) electrons. The number of carbonyl (C=O) groups excluding carboxylic acids is 4. The summed E-state index contributed by atoms with van der Waals surface area (Å²) in [5.41, 5.74) is 2.83. The van der Waals surface area contributed by atoms with Gasteiger partial charge in [0.2, 0.25) is 0 Å². The number of amides is 4. The number of carbonyl (C=O) groups is 4. The fraction of sp³-hybridized carbons (Fsp3) is 0.378. The lowest BCUT2D eigenvalue weighted by atomic mass is 10.0. The summed E-state index contributed by atoms with van der Waals surface area (Å²) in [6.07, 6.45) is 5.33. The van der Waals surface area contributed by atoms with Crippen molar-refractivity contribution in [3.8, 4) is 23.0 Å². The zero-order valence-electron chi connectivity index (χ0n) is 33.7. The minimum absolute atomic E-state index is 0.0110. The fourth-order valence-corrected chi connectivity index (χ4v) is 8.56. The molecule has 2 fully saturated rings. The highest BCUT2D eigenvalue weighted by Crippen LogP contribution is 2.57. The summed E-state index contributed by atoms with van der Waals surface area (Å²) in [7, 11) is 2.92. The van der Waals surface area contributed by atoms with E-state index in [-0.39, 0.29) is 84.6 Å². The Kier molecular flexibility index (Phi) is 11.2. The van der Waals surface area contributed by atoms with Gasteiger partial charge in [0.15, 0.2) is 29.2 Å². The van der Waals surface area contributed by atoms with Crippen LogP contribution in [0.15, 0.2) is 86.1 Å². The Morgan fingerprint density at radius 1 is 0.833 bits per heavy atom. The van der Waals surface area contributed by atoms with Gasteiger partial charge in [-0.25, -0.2) is 14.5 Å². The minimum Gasteiger partial charge on any atom is -0.493 e. The van der Waals surface area contributed by atoms with Crippen molar-refractivity contribution in [2.24, 2.45) is 5.41 Å². The number of ether oxygens (including phenoxy) is 6. The molecule has 4 heterocycles. The lowest BCUT2D eigenvalue weighted by Crippen LogP contribution is -2.50. The number of hydrogen-bond donors (Lipinski definition) is 1. The predicted octanol–water partition coefficient (Wildman–Crippen LogP) is 6.41. The largest absolute Gasteiger partial charge is 0.493 e. The van der Waals surface area contributed by atoms with E-state index >= 15 is 0 Å². The number of hydrogen-bond acceptors (Lipinski definition) is 11. The van der Waals surface area contributed by atoms with E-state index in [1.54, 1.807) is 21.9 Å². The van der Waals surface area contributed by atoms with Crippen molar-refractivity contribution in [3.05, 3.63) is 103 Å². The highest BCUT2D eigenvalue weighted by Gasteiger charge is 2.58. The van der Waals surface area contributed by atoms with Gasteiger partial charge in [-0.05, 0) is 54.4 Å². The maximum absolute atomic E-state index is 14.2. The van der Waals surface area contributed by atoms with Crippen LogP contribution in [0.2, 0.25) is 0 Å². The van der Waals surface area contributed by atoms with Gasteiger partial charge in [0, 0.05) is 31.3 Å². The quantitative estimate of drug-likeness (QED) is 0.150. The number of anilines is 2. The molecular formula is C45H48N4O11. The molecule has 1 saturated carbocycles. The van der Waals surface area contributed by atoms with Gasteiger partial charge in [0.25, 0.3) is 11.8 Å². The third-order valence-electron chi connectivity index (χ3n) is 11.7. The van der Waals surface area contributed by atoms with E-state index < -0.39 is 24.5 Å². The number of nitrogens with zero attached hydrogens (tertiary/aromatic N) is 4. The second-order valence-corrected chi connectivity index (χ2v) is 15.5. The Morgan fingerprint density at radius 3 is 2.07 bits per heavy atom. The molecule has 4 amide bonds. The van der Waals surface area contributed by atoms with E-state index in [1.165, 1.54) is 43.4 Å². The van der Waals surface area contributed by atoms with Gasteiger partial charge in [0.05, 0.1) is 68.6 Å². The summed E-state index contributed by atoms with van der Waals surface area (Å²) < 4.78 is 34.6. The molecule has 0 aromatic heterocycles. The van der Waals surface area contributed by atoms with Gasteiger partial charge in [-0.3, -0.25) is 14.5 Å². The lowest BCUT2D eigenvalue weighted by Gasteiger charge is -2.31. The van der Waals surface area contributed by atoms with Crippen molar-refractivity contribution in [3.63, 3.8) is 0 Å². The van der Waals surface area contributed by atoms with Crippen LogP contribution in [0.3, 0.4) is 0 Å². The van der Waals surface area contributed by atoms with Crippen LogP contribution in [0.5, 0.6) is 23.0 Å². The van der Waals surface area contributed by atoms with E-state index in [2.05, 4.69) is 13.2 Å². The Bertz CT molecular complexity index is 2240. The summed E-state index contributed by atoms with van der Waals surface area (Å²) in [5, 5.41) is 11.7. The van der Waals surface area contributed by atoms with E-state index in [1.807, 2.05) is 36.5 Å². The molecule has 314 valence electrons. The maximum atomic E-state index is 14.2. The number of fused-ring (bicyclic) bond motifs is 4. The Balaban J connectivity index is 1.01. The van der Waals surface area contributed by atoms with E-state index in [0.29, 0.717) is 43.0 Å². The molecule has 1 unspecified atom stereocenters. The first-order valence-electron chi connectivity index (χ1n) is 20.0. The number of aliphatic hydroxyl groups excluding tert-OH is 1. The van der Waals surface area contributed by atoms with E-state index in [4.69, 9.17) is 28.4 Å². The van der Waals surface area contributed by atoms with Gasteiger partial charge in [0.1, 0.15) is 13.2 Å². The smallest absolute Gasteiger partial charge is 0.416 e. The third kappa shape index (κ3) is 7.49. The van der Waals surface area contributed by atoms with Crippen molar-refractivity contribution < 1.29 is 52.7 Å². The number of aliphatic hydroxyl groups is 1. The Morgan fingerprint density at radius 2 is 1.45 bits per heavy atom. The van der Waals surface area contributed by atoms with Crippen LogP contribution in [0.25, 0.3) is 5.57 Å². The van der Waals surface area contributed by atoms with Crippen LogP contribution in [0.1, 0.15) is 58.4 Å². The summed E-state index contributed by atoms with van der Waals surface area (Å²) >= 11 is 0. The van der Waals surface area contributed by atoms with Crippen molar-refractivity contribution in [1.82, 2.24) is 9.80 Å². The first-order chi connectivity index (χ1) is 29.1. The first-order valence-corrected chi connectivity index (χ1v) is 20.0. The lowest BCUT2D eigenvalue weighted by molar-refractivity contribution is 0.0496. The van der Waals surface area contributed by atoms with Crippen LogP contribution in [-0.2, 0) is 9.47 Å². The molecule has 1 aliphatic carbocycles. The summed E-state index contributed by atoms with van der Waals surface area (Å²) in [6.45, 7) is 8.10. The van der Waals surface area contributed by atoms with Gasteiger partial charge in [-0.15, -0.1) is 0 Å². The van der Waals surface area contributed by atoms with Crippen LogP contribution in [0.4, 0.5) is 21.0 Å². The normalized spacial score (nSPS) is 20.8. The Hall–Kier alpha value is -6.48. The standard InChI is InChI=1S/C45H48N4O11/c1-5-15-59-43(53)47-26-30-19-29(28-11-8-7-9-12-28)25-46(30)40(50)31-20-36(55-3)38(22-33(31)47)57-17-10-18-58-39-23-34-32(21-37(39)56-4)41(51)48-27-45(13-14-45)24-35(48)42(52)49(34)44(54)60-16-6-2/h5-9,11-12,20-23,25,30,35,42,52H,1-2,10,13-19,24,26-27H2,3-4H3/t30-,35-,42?/m0/s1. The van der Waals surface area contributed by atoms with E-state index in [0.717, 1.165) is 28.9 Å². The molecule has 1 spiro atoms. The molecule has 15 heteroatoms. The summed E-state index contributed by atoms with van der Waals surface area (Å²) in [5.74, 6) is 0.487. The minimum atomic E-state index is -1.35. The van der Waals surface area contributed by atoms with Gasteiger partial charge < -0.3 is 43.3 Å². The molecular weight excluding hydrogens is 773 g/mol. The molecule has 60 heavy (non-hydrogen) atoms. The second kappa shape index (κ2) is 16.6. The molecule has 3 atom stereocenters. The van der Waals surface area contributed by atoms with Crippen LogP contribution in [-0.4, -0.2) is 111 Å². The average molecular weight is 821 g/mol. The first kappa shape index (κ1) is 40.3. The number of benzene rings is 3. The van der Waals surface area contributed by atoms with Gasteiger partial charge in [-0.2, -0.15) is 0 Å². The number of rotatable bonds is 13. The zero-order chi connectivity index (χ0) is 42.1. The highest BCUT2D eigenvalue weighted by atomic mass is 16.6. The zero-order valence-corrected chi connectivity index (χ0v) is 33.7. The summed E-state index contributed by atoms with van der Waals surface area (Å²) in [4.78, 5) is 61.1. The van der Waals surface area contributed by atoms with Crippen LogP contribution in [0, 0.1) is 5.41 Å². The van der Waals surface area contributed by atoms with Crippen molar-refractivity contribution in [2.75, 3.05) is 63.5 Å². The van der Waals surface area contributed by atoms with Gasteiger partial charge >= 0.3 is 12.2 Å². The van der Waals surface area contributed by atoms with Crippen LogP contribution >= 0.6 is 0 Å². The topological polar surface area (TPSA) is 157 Å². The number of methoxy groups -OCH3 is 2. The monoisotopic (exact) mass is 820 g/mol. The SMILES string of the molecule is C=CCOC(=O)N1C[C@@H]2CC(c3ccccc3)=CN2C(=O)c2cc(OC)c(OCCCOc3cc4c(cc3OC)C(=O)N3CC5(CC5)C[C@H]3C(O)N4C(=O)OCC=C)cc21. The predicted molar refractivity (Wildman–Crippen MR) is 221 cm³/mol. The molecule has 1 saturated heterocycles. The molecule has 4 aliphatic heterocycles. The van der Waals surface area contributed by atoms with Gasteiger partial charge in [-0.1, -0.05) is 55.6 Å². The van der Waals surface area contributed by atoms with E-state index in [9.17, 15) is 24.3 Å². The summed E-state index contributed by atoms with van der Waals surface area (Å²) in [6, 6.07) is 15.1. The fourth-order valence-electron chi connectivity index (χ4n) is 8.56. The highest BCUT2D eigenvalue weighted by molar-refractivity contribution is 6.07. The second-order valence-electron chi connectivity index (χ2n) is 15.5. The molecule has 5 aliphatic rings. The van der Waals surface area contributed by atoms with Crippen molar-refractivity contribution in [2.45, 2.75) is 50.4 Å². The maximum Gasteiger partial charge on any atom is 0.416 e. The van der Waals surface area contributed by atoms with Crippen LogP contribution < -0.4 is 28.7 Å². The molecule has 8 rings (SSSR count). The molecule has 15 nitrogen and oxygen atoms in total. The molecule has 3 aromatic carbocycles. The molecule has 0 bridgehead atoms. The van der Waals surface area contributed by atoms with Crippen molar-refractivity contribution >= 4 is 40.9 Å². The third-order valence-corrected chi connectivity index (χ3v) is 11.7. The molecule has 3 aromatic rings. The Labute approximate surface area is 347 Å². The van der Waals surface area contributed by atoms with Crippen molar-refractivity contribution in [1.29, 1.82) is 0 Å². The average Bonchev–Trinajstić information content (AvgIpc) is 3.77.